The quantitative estimate of drug-likeness (QED) is 0.299. The Balaban J connectivity index is 0.673. The standard InChI is InChI=1S/C48H56N8O7/c1-29-5-9-37-39(55(29)45(60)30-6-7-30)12-11-35(43(37)63-34-3-2-4-34)31-24-49-54(25-31)32-15-19-51(20-16-32)26-42(58)52-21-17-48(18-22-52)27-53(28-48)33-8-10-36-38(23-33)47(62)56(46(36)61)40-13-14-41(57)50-44(40)59/h8,10-12,23-25,29-30,32,34,40H,2-7,9,13-22,26-28H2,1H3,(H,50,57,59)/t29-,40?/m0/s1. The number of nitrogens with one attached hydrogen (secondary N) is 1. The van der Waals surface area contributed by atoms with Crippen molar-refractivity contribution in [3.8, 4) is 16.9 Å². The molecule has 8 aliphatic rings. The number of fused-ring (bicyclic) bond motifs is 2. The van der Waals surface area contributed by atoms with Crippen LogP contribution >= 0.6 is 0 Å². The first kappa shape index (κ1) is 40.2. The Bertz CT molecular complexity index is 2400. The Labute approximate surface area is 367 Å². The number of aromatic nitrogens is 2. The minimum Gasteiger partial charge on any atom is -0.489 e. The maximum Gasteiger partial charge on any atom is 0.262 e. The van der Waals surface area contributed by atoms with E-state index in [0.717, 1.165) is 142 Å². The van der Waals surface area contributed by atoms with E-state index in [0.29, 0.717) is 12.1 Å². The van der Waals surface area contributed by atoms with Crippen LogP contribution in [0.2, 0.25) is 0 Å². The molecule has 7 heterocycles. The number of benzene rings is 2. The lowest BCUT2D eigenvalue weighted by Gasteiger charge is -2.55. The Morgan fingerprint density at radius 1 is 0.841 bits per heavy atom. The fraction of sp³-hybridized carbons (Fsp3) is 0.562. The van der Waals surface area contributed by atoms with Crippen LogP contribution in [-0.4, -0.2) is 124 Å². The normalized spacial score (nSPS) is 25.2. The summed E-state index contributed by atoms with van der Waals surface area (Å²) in [6, 6.07) is 9.01. The molecule has 6 amide bonds. The second kappa shape index (κ2) is 15.6. The van der Waals surface area contributed by atoms with Crippen molar-refractivity contribution >= 4 is 46.8 Å². The molecule has 1 unspecified atom stereocenters. The molecule has 2 atom stereocenters. The summed E-state index contributed by atoms with van der Waals surface area (Å²) in [5, 5.41) is 7.12. The van der Waals surface area contributed by atoms with Crippen molar-refractivity contribution in [2.45, 2.75) is 115 Å². The minimum absolute atomic E-state index is 0.0848. The van der Waals surface area contributed by atoms with Crippen LogP contribution in [0.15, 0.2) is 42.7 Å². The number of hydrogen-bond acceptors (Lipinski definition) is 10. The predicted octanol–water partition coefficient (Wildman–Crippen LogP) is 4.73. The number of carbonyl (C=O) groups is 6. The van der Waals surface area contributed by atoms with Crippen LogP contribution in [0.3, 0.4) is 0 Å². The van der Waals surface area contributed by atoms with Gasteiger partial charge in [-0.05, 0) is 114 Å². The van der Waals surface area contributed by atoms with Crippen LogP contribution in [-0.2, 0) is 25.6 Å². The van der Waals surface area contributed by atoms with Gasteiger partial charge in [0.05, 0.1) is 41.7 Å². The maximum absolute atomic E-state index is 13.6. The monoisotopic (exact) mass is 856 g/mol. The van der Waals surface area contributed by atoms with Crippen LogP contribution < -0.4 is 19.9 Å². The molecule has 2 saturated carbocycles. The molecule has 2 aromatic carbocycles. The summed E-state index contributed by atoms with van der Waals surface area (Å²) in [7, 11) is 0. The first-order chi connectivity index (χ1) is 30.5. The molecule has 15 nitrogen and oxygen atoms in total. The van der Waals surface area contributed by atoms with Gasteiger partial charge in [0.1, 0.15) is 11.8 Å². The first-order valence-corrected chi connectivity index (χ1v) is 23.3. The van der Waals surface area contributed by atoms with E-state index in [4.69, 9.17) is 9.84 Å². The van der Waals surface area contributed by atoms with Crippen molar-refractivity contribution in [2.24, 2.45) is 11.3 Å². The zero-order valence-electron chi connectivity index (χ0n) is 36.1. The van der Waals surface area contributed by atoms with Gasteiger partial charge in [0.25, 0.3) is 11.8 Å². The maximum atomic E-state index is 13.6. The van der Waals surface area contributed by atoms with Gasteiger partial charge in [0, 0.05) is 91.6 Å². The summed E-state index contributed by atoms with van der Waals surface area (Å²) in [6.45, 7) is 7.32. The number of hydrogen-bond donors (Lipinski definition) is 1. The average Bonchev–Trinajstić information content (AvgIpc) is 3.95. The smallest absolute Gasteiger partial charge is 0.262 e. The lowest BCUT2D eigenvalue weighted by Crippen LogP contribution is -2.61. The van der Waals surface area contributed by atoms with E-state index >= 15 is 0 Å². The number of likely N-dealkylation sites (tertiary alicyclic amines) is 2. The van der Waals surface area contributed by atoms with Crippen LogP contribution in [0, 0.1) is 11.3 Å². The molecule has 4 saturated heterocycles. The van der Waals surface area contributed by atoms with Gasteiger partial charge in [-0.25, -0.2) is 0 Å². The van der Waals surface area contributed by atoms with Gasteiger partial charge in [-0.3, -0.25) is 48.6 Å². The molecule has 6 aliphatic heterocycles. The number of anilines is 2. The molecule has 6 fully saturated rings. The van der Waals surface area contributed by atoms with Gasteiger partial charge >= 0.3 is 0 Å². The lowest BCUT2D eigenvalue weighted by atomic mass is 9.71. The zero-order valence-corrected chi connectivity index (χ0v) is 36.1. The van der Waals surface area contributed by atoms with E-state index in [1.807, 2.05) is 17.2 Å². The van der Waals surface area contributed by atoms with Crippen molar-refractivity contribution in [3.05, 3.63) is 59.4 Å². The SMILES string of the molecule is C[C@H]1CCc2c(ccc(-c3cnn(C4CCN(CC(=O)N5CCC6(CC5)CN(c5ccc7c(c5)C(=O)N(C5CCC(=O)NC5=O)C7=O)C6)CC4)c3)c2OC2CCC2)N1C(=O)C1CC1. The van der Waals surface area contributed by atoms with E-state index in [1.165, 1.54) is 6.42 Å². The summed E-state index contributed by atoms with van der Waals surface area (Å²) in [6.07, 6.45) is 15.3. The minimum atomic E-state index is -0.984. The van der Waals surface area contributed by atoms with E-state index < -0.39 is 29.7 Å². The topological polar surface area (TPSA) is 158 Å². The van der Waals surface area contributed by atoms with E-state index in [-0.39, 0.29) is 59.7 Å². The largest absolute Gasteiger partial charge is 0.489 e. The van der Waals surface area contributed by atoms with E-state index in [9.17, 15) is 28.8 Å². The molecule has 1 spiro atoms. The van der Waals surface area contributed by atoms with Crippen molar-refractivity contribution < 1.29 is 33.5 Å². The van der Waals surface area contributed by atoms with Gasteiger partial charge in [-0.1, -0.05) is 0 Å². The van der Waals surface area contributed by atoms with Crippen LogP contribution in [0.25, 0.3) is 11.1 Å². The van der Waals surface area contributed by atoms with Gasteiger partial charge in [-0.15, -0.1) is 0 Å². The number of piperidine rings is 3. The van der Waals surface area contributed by atoms with Gasteiger partial charge in [0.15, 0.2) is 0 Å². The number of amides is 6. The van der Waals surface area contributed by atoms with Crippen LogP contribution in [0.5, 0.6) is 5.75 Å². The summed E-state index contributed by atoms with van der Waals surface area (Å²) in [5.41, 5.74) is 5.82. The van der Waals surface area contributed by atoms with Crippen molar-refractivity contribution in [2.75, 3.05) is 55.6 Å². The molecule has 15 heteroatoms. The molecule has 3 aromatic rings. The highest BCUT2D eigenvalue weighted by atomic mass is 16.5. The third kappa shape index (κ3) is 7.20. The van der Waals surface area contributed by atoms with Crippen LogP contribution in [0.1, 0.15) is 116 Å². The number of nitrogens with zero attached hydrogens (tertiary/aromatic N) is 7. The average molecular weight is 857 g/mol. The zero-order chi connectivity index (χ0) is 43.1. The number of carbonyl (C=O) groups excluding carboxylic acids is 6. The second-order valence-electron chi connectivity index (χ2n) is 19.6. The van der Waals surface area contributed by atoms with Gasteiger partial charge in [0.2, 0.25) is 23.6 Å². The predicted molar refractivity (Wildman–Crippen MR) is 232 cm³/mol. The molecule has 11 rings (SSSR count). The van der Waals surface area contributed by atoms with Crippen LogP contribution in [0.4, 0.5) is 11.4 Å². The van der Waals surface area contributed by atoms with Gasteiger partial charge in [-0.2, -0.15) is 5.10 Å². The van der Waals surface area contributed by atoms with Gasteiger partial charge < -0.3 is 19.4 Å². The third-order valence-corrected chi connectivity index (χ3v) is 15.5. The molecule has 1 aromatic heterocycles. The van der Waals surface area contributed by atoms with E-state index in [1.54, 1.807) is 12.1 Å². The van der Waals surface area contributed by atoms with Crippen molar-refractivity contribution in [1.82, 2.24) is 29.8 Å². The first-order valence-electron chi connectivity index (χ1n) is 23.3. The molecular formula is C48H56N8O7. The van der Waals surface area contributed by atoms with E-state index in [2.05, 4.69) is 50.0 Å². The summed E-state index contributed by atoms with van der Waals surface area (Å²) in [5.74, 6) is -0.469. The molecule has 1 N–H and O–H groups in total. The fourth-order valence-electron chi connectivity index (χ4n) is 11.1. The Hall–Kier alpha value is -5.57. The molecule has 330 valence electrons. The summed E-state index contributed by atoms with van der Waals surface area (Å²) >= 11 is 0. The Kier molecular flexibility index (Phi) is 9.96. The highest BCUT2D eigenvalue weighted by molar-refractivity contribution is 6.23. The molecule has 0 bridgehead atoms. The Morgan fingerprint density at radius 3 is 2.30 bits per heavy atom. The summed E-state index contributed by atoms with van der Waals surface area (Å²) < 4.78 is 8.87. The molecular weight excluding hydrogens is 801 g/mol. The number of imide groups is 2. The van der Waals surface area contributed by atoms with Crippen molar-refractivity contribution in [1.29, 1.82) is 0 Å². The Morgan fingerprint density at radius 2 is 1.59 bits per heavy atom. The fourth-order valence-corrected chi connectivity index (χ4v) is 11.1. The third-order valence-electron chi connectivity index (χ3n) is 15.5. The summed E-state index contributed by atoms with van der Waals surface area (Å²) in [4.78, 5) is 87.3. The highest BCUT2D eigenvalue weighted by Gasteiger charge is 2.48. The number of rotatable bonds is 9. The molecule has 63 heavy (non-hydrogen) atoms. The lowest BCUT2D eigenvalue weighted by molar-refractivity contribution is -0.137. The highest BCUT2D eigenvalue weighted by Crippen LogP contribution is 2.47. The van der Waals surface area contributed by atoms with Crippen molar-refractivity contribution in [3.63, 3.8) is 0 Å². The molecule has 0 radical (unpaired) electrons. The second-order valence-corrected chi connectivity index (χ2v) is 19.6. The number of ether oxygens (including phenoxy) is 1. The molecule has 2 aliphatic carbocycles.